The number of benzene rings is 2. The van der Waals surface area contributed by atoms with Crippen LogP contribution >= 0.6 is 0 Å². The second-order valence-corrected chi connectivity index (χ2v) is 6.71. The fourth-order valence-corrected chi connectivity index (χ4v) is 2.78. The van der Waals surface area contributed by atoms with Crippen LogP contribution in [0.1, 0.15) is 36.9 Å². The average Bonchev–Trinajstić information content (AvgIpc) is 2.59. The molecular weight excluding hydrogens is 294 g/mol. The summed E-state index contributed by atoms with van der Waals surface area (Å²) in [6.07, 6.45) is 2.40. The van der Waals surface area contributed by atoms with E-state index in [0.717, 1.165) is 6.54 Å². The maximum absolute atomic E-state index is 3.72. The molecule has 3 heteroatoms. The van der Waals surface area contributed by atoms with Crippen molar-refractivity contribution in [1.29, 1.82) is 0 Å². The molecule has 0 heterocycles. The molecule has 0 amide bonds. The van der Waals surface area contributed by atoms with E-state index in [-0.39, 0.29) is 6.04 Å². The van der Waals surface area contributed by atoms with E-state index in [4.69, 9.17) is 0 Å². The molecular formula is C21H31N3. The van der Waals surface area contributed by atoms with Gasteiger partial charge >= 0.3 is 0 Å². The normalized spacial score (nSPS) is 10.9. The van der Waals surface area contributed by atoms with Crippen LogP contribution in [0.3, 0.4) is 0 Å². The number of anilines is 2. The Hall–Kier alpha value is -2.00. The highest BCUT2D eigenvalue weighted by molar-refractivity contribution is 5.50. The van der Waals surface area contributed by atoms with Crippen molar-refractivity contribution in [3.05, 3.63) is 59.7 Å². The molecule has 0 atom stereocenters. The van der Waals surface area contributed by atoms with Gasteiger partial charge in [0.05, 0.1) is 6.04 Å². The molecule has 0 saturated heterocycles. The van der Waals surface area contributed by atoms with Crippen LogP contribution in [0.5, 0.6) is 0 Å². The molecule has 0 aromatic heterocycles. The van der Waals surface area contributed by atoms with Gasteiger partial charge in [-0.2, -0.15) is 0 Å². The van der Waals surface area contributed by atoms with Gasteiger partial charge in [0.2, 0.25) is 0 Å². The molecule has 0 bridgehead atoms. The maximum atomic E-state index is 3.72. The van der Waals surface area contributed by atoms with Crippen LogP contribution < -0.4 is 15.1 Å². The Morgan fingerprint density at radius 3 is 1.50 bits per heavy atom. The third kappa shape index (κ3) is 4.75. The van der Waals surface area contributed by atoms with Crippen molar-refractivity contribution in [3.63, 3.8) is 0 Å². The lowest BCUT2D eigenvalue weighted by Crippen LogP contribution is -2.23. The van der Waals surface area contributed by atoms with Crippen molar-refractivity contribution in [2.45, 2.75) is 25.8 Å². The molecule has 0 aliphatic carbocycles. The van der Waals surface area contributed by atoms with E-state index in [1.165, 1.54) is 35.3 Å². The summed E-state index contributed by atoms with van der Waals surface area (Å²) in [5.74, 6) is 0. The van der Waals surface area contributed by atoms with E-state index in [0.29, 0.717) is 0 Å². The molecule has 0 saturated carbocycles. The number of nitrogens with zero attached hydrogens (tertiary/aromatic N) is 2. The summed E-state index contributed by atoms with van der Waals surface area (Å²) in [6.45, 7) is 3.26. The Morgan fingerprint density at radius 2 is 1.17 bits per heavy atom. The molecule has 0 aliphatic heterocycles. The topological polar surface area (TPSA) is 18.5 Å². The number of rotatable bonds is 8. The Morgan fingerprint density at radius 1 is 0.750 bits per heavy atom. The Balaban J connectivity index is 2.26. The van der Waals surface area contributed by atoms with Gasteiger partial charge < -0.3 is 15.1 Å². The van der Waals surface area contributed by atoms with E-state index in [1.54, 1.807) is 0 Å². The number of nitrogens with one attached hydrogen (secondary N) is 1. The van der Waals surface area contributed by atoms with Crippen molar-refractivity contribution in [3.8, 4) is 0 Å². The SMILES string of the molecule is CCCCNC(c1ccc(N(C)C)cc1)c1ccc(N(C)C)cc1. The van der Waals surface area contributed by atoms with Gasteiger partial charge in [-0.05, 0) is 48.4 Å². The minimum absolute atomic E-state index is 0.240. The molecule has 2 aromatic carbocycles. The van der Waals surface area contributed by atoms with Crippen LogP contribution in [-0.2, 0) is 0 Å². The summed E-state index contributed by atoms with van der Waals surface area (Å²) >= 11 is 0. The summed E-state index contributed by atoms with van der Waals surface area (Å²) in [5.41, 5.74) is 5.09. The summed E-state index contributed by atoms with van der Waals surface area (Å²) < 4.78 is 0. The minimum atomic E-state index is 0.240. The van der Waals surface area contributed by atoms with Crippen molar-refractivity contribution in [1.82, 2.24) is 5.32 Å². The summed E-state index contributed by atoms with van der Waals surface area (Å²) in [7, 11) is 8.30. The second-order valence-electron chi connectivity index (χ2n) is 6.71. The maximum Gasteiger partial charge on any atom is 0.0576 e. The third-order valence-corrected chi connectivity index (χ3v) is 4.36. The van der Waals surface area contributed by atoms with Crippen LogP contribution in [0.15, 0.2) is 48.5 Å². The largest absolute Gasteiger partial charge is 0.378 e. The first-order chi connectivity index (χ1) is 11.5. The zero-order valence-electron chi connectivity index (χ0n) is 15.7. The quantitative estimate of drug-likeness (QED) is 0.730. The predicted octanol–water partition coefficient (Wildman–Crippen LogP) is 4.30. The van der Waals surface area contributed by atoms with Gasteiger partial charge in [-0.15, -0.1) is 0 Å². The van der Waals surface area contributed by atoms with Gasteiger partial charge in [0, 0.05) is 39.6 Å². The first-order valence-electron chi connectivity index (χ1n) is 8.81. The van der Waals surface area contributed by atoms with Crippen LogP contribution in [0, 0.1) is 0 Å². The molecule has 0 spiro atoms. The molecule has 0 radical (unpaired) electrons. The van der Waals surface area contributed by atoms with Crippen LogP contribution in [0.4, 0.5) is 11.4 Å². The van der Waals surface area contributed by atoms with Crippen molar-refractivity contribution >= 4 is 11.4 Å². The standard InChI is InChI=1S/C21H31N3/c1-6-7-16-22-21(17-8-12-19(13-9-17)23(2)3)18-10-14-20(15-11-18)24(4)5/h8-15,21-22H,6-7,16H2,1-5H3. The number of hydrogen-bond donors (Lipinski definition) is 1. The fraction of sp³-hybridized carbons (Fsp3) is 0.429. The lowest BCUT2D eigenvalue weighted by Gasteiger charge is -2.22. The zero-order valence-corrected chi connectivity index (χ0v) is 15.7. The van der Waals surface area contributed by atoms with Gasteiger partial charge in [0.15, 0.2) is 0 Å². The molecule has 2 rings (SSSR count). The van der Waals surface area contributed by atoms with Gasteiger partial charge in [0.25, 0.3) is 0 Å². The van der Waals surface area contributed by atoms with Gasteiger partial charge in [-0.25, -0.2) is 0 Å². The minimum Gasteiger partial charge on any atom is -0.378 e. The molecule has 2 aromatic rings. The Kier molecular flexibility index (Phi) is 6.68. The van der Waals surface area contributed by atoms with Crippen LogP contribution in [-0.4, -0.2) is 34.7 Å². The van der Waals surface area contributed by atoms with Crippen LogP contribution in [0.2, 0.25) is 0 Å². The highest BCUT2D eigenvalue weighted by atomic mass is 15.1. The van der Waals surface area contributed by atoms with E-state index in [9.17, 15) is 0 Å². The molecule has 3 nitrogen and oxygen atoms in total. The molecule has 1 N–H and O–H groups in total. The third-order valence-electron chi connectivity index (χ3n) is 4.36. The monoisotopic (exact) mass is 325 g/mol. The van der Waals surface area contributed by atoms with Gasteiger partial charge in [-0.1, -0.05) is 37.6 Å². The van der Waals surface area contributed by atoms with Gasteiger partial charge in [0.1, 0.15) is 0 Å². The van der Waals surface area contributed by atoms with E-state index in [2.05, 4.69) is 98.8 Å². The highest BCUT2D eigenvalue weighted by Gasteiger charge is 2.14. The van der Waals surface area contributed by atoms with E-state index >= 15 is 0 Å². The molecule has 0 aliphatic rings. The average molecular weight is 326 g/mol. The Bertz CT molecular complexity index is 548. The second kappa shape index (κ2) is 8.74. The predicted molar refractivity (Wildman–Crippen MR) is 106 cm³/mol. The molecule has 0 fully saturated rings. The lowest BCUT2D eigenvalue weighted by molar-refractivity contribution is 0.579. The zero-order chi connectivity index (χ0) is 17.5. The molecule has 0 unspecified atom stereocenters. The summed E-state index contributed by atoms with van der Waals surface area (Å²) in [4.78, 5) is 4.27. The van der Waals surface area contributed by atoms with Crippen LogP contribution in [0.25, 0.3) is 0 Å². The van der Waals surface area contributed by atoms with Crippen molar-refractivity contribution in [2.24, 2.45) is 0 Å². The highest BCUT2D eigenvalue weighted by Crippen LogP contribution is 2.26. The molecule has 130 valence electrons. The number of unbranched alkanes of at least 4 members (excludes halogenated alkanes) is 1. The van der Waals surface area contributed by atoms with Gasteiger partial charge in [-0.3, -0.25) is 0 Å². The summed E-state index contributed by atoms with van der Waals surface area (Å²) in [5, 5.41) is 3.72. The Labute approximate surface area is 147 Å². The first kappa shape index (κ1) is 18.3. The van der Waals surface area contributed by atoms with Crippen molar-refractivity contribution < 1.29 is 0 Å². The van der Waals surface area contributed by atoms with Crippen molar-refractivity contribution in [2.75, 3.05) is 44.5 Å². The first-order valence-corrected chi connectivity index (χ1v) is 8.81. The molecule has 24 heavy (non-hydrogen) atoms. The van der Waals surface area contributed by atoms with E-state index < -0.39 is 0 Å². The van der Waals surface area contributed by atoms with E-state index in [1.807, 2.05) is 0 Å². The fourth-order valence-electron chi connectivity index (χ4n) is 2.78. The smallest absolute Gasteiger partial charge is 0.0576 e. The summed E-state index contributed by atoms with van der Waals surface area (Å²) in [6, 6.07) is 17.9. The lowest BCUT2D eigenvalue weighted by atomic mass is 9.97. The number of hydrogen-bond acceptors (Lipinski definition) is 3.